The summed E-state index contributed by atoms with van der Waals surface area (Å²) >= 11 is 5.79. The summed E-state index contributed by atoms with van der Waals surface area (Å²) < 4.78 is 1.94. The van der Waals surface area contributed by atoms with Crippen molar-refractivity contribution in [3.8, 4) is 5.69 Å². The number of aryl methyl sites for hydroxylation is 2. The number of imidazole rings is 1. The van der Waals surface area contributed by atoms with Gasteiger partial charge in [-0.1, -0.05) is 30.7 Å². The molecule has 0 radical (unpaired) electrons. The molecule has 0 amide bonds. The predicted molar refractivity (Wildman–Crippen MR) is 62.7 cm³/mol. The van der Waals surface area contributed by atoms with Crippen molar-refractivity contribution in [2.24, 2.45) is 0 Å². The van der Waals surface area contributed by atoms with Gasteiger partial charge in [0, 0.05) is 11.9 Å². The molecule has 2 aromatic rings. The van der Waals surface area contributed by atoms with Crippen LogP contribution in [0.4, 0.5) is 0 Å². The van der Waals surface area contributed by atoms with Crippen molar-refractivity contribution in [3.63, 3.8) is 0 Å². The topological polar surface area (TPSA) is 17.8 Å². The zero-order chi connectivity index (χ0) is 10.8. The van der Waals surface area contributed by atoms with Crippen molar-refractivity contribution in [1.82, 2.24) is 9.55 Å². The Bertz CT molecular complexity index is 474. The molecule has 0 aliphatic heterocycles. The molecule has 0 atom stereocenters. The second-order valence-corrected chi connectivity index (χ2v) is 3.97. The van der Waals surface area contributed by atoms with Crippen molar-refractivity contribution in [1.29, 1.82) is 0 Å². The third-order valence-electron chi connectivity index (χ3n) is 2.50. The Hall–Kier alpha value is -1.28. The predicted octanol–water partition coefficient (Wildman–Crippen LogP) is 3.40. The van der Waals surface area contributed by atoms with Gasteiger partial charge in [-0.25, -0.2) is 4.98 Å². The van der Waals surface area contributed by atoms with E-state index in [1.54, 1.807) is 6.33 Å². The fraction of sp³-hybridized carbons (Fsp3) is 0.250. The van der Waals surface area contributed by atoms with Crippen molar-refractivity contribution in [3.05, 3.63) is 47.0 Å². The summed E-state index contributed by atoms with van der Waals surface area (Å²) in [5, 5.41) is 0.522. The van der Waals surface area contributed by atoms with E-state index in [9.17, 15) is 0 Å². The van der Waals surface area contributed by atoms with E-state index in [0.29, 0.717) is 5.15 Å². The fourth-order valence-electron chi connectivity index (χ4n) is 1.66. The molecule has 0 N–H and O–H groups in total. The van der Waals surface area contributed by atoms with Gasteiger partial charge in [0.15, 0.2) is 0 Å². The third-order valence-corrected chi connectivity index (χ3v) is 2.69. The minimum absolute atomic E-state index is 0.522. The Morgan fingerprint density at radius 3 is 2.73 bits per heavy atom. The van der Waals surface area contributed by atoms with E-state index in [1.807, 2.05) is 10.8 Å². The number of hydrogen-bond donors (Lipinski definition) is 0. The summed E-state index contributed by atoms with van der Waals surface area (Å²) in [5.41, 5.74) is 3.72. The lowest BCUT2D eigenvalue weighted by Crippen LogP contribution is -1.94. The van der Waals surface area contributed by atoms with Gasteiger partial charge in [0.25, 0.3) is 0 Å². The van der Waals surface area contributed by atoms with Gasteiger partial charge in [0.05, 0.1) is 0 Å². The van der Waals surface area contributed by atoms with Crippen LogP contribution in [-0.2, 0) is 6.42 Å². The van der Waals surface area contributed by atoms with Crippen molar-refractivity contribution in [2.45, 2.75) is 20.3 Å². The van der Waals surface area contributed by atoms with Gasteiger partial charge >= 0.3 is 0 Å². The molecule has 15 heavy (non-hydrogen) atoms. The van der Waals surface area contributed by atoms with E-state index in [1.165, 1.54) is 11.1 Å². The lowest BCUT2D eigenvalue weighted by molar-refractivity contribution is 1.03. The zero-order valence-corrected chi connectivity index (χ0v) is 9.62. The van der Waals surface area contributed by atoms with Crippen LogP contribution in [0.2, 0.25) is 5.15 Å². The van der Waals surface area contributed by atoms with E-state index in [-0.39, 0.29) is 0 Å². The summed E-state index contributed by atoms with van der Waals surface area (Å²) in [6, 6.07) is 6.44. The van der Waals surface area contributed by atoms with Gasteiger partial charge in [-0.05, 0) is 30.5 Å². The molecule has 1 aromatic carbocycles. The first kappa shape index (κ1) is 10.2. The molecule has 2 nitrogen and oxygen atoms in total. The summed E-state index contributed by atoms with van der Waals surface area (Å²) in [7, 11) is 0. The lowest BCUT2D eigenvalue weighted by Gasteiger charge is -2.07. The highest BCUT2D eigenvalue weighted by atomic mass is 35.5. The van der Waals surface area contributed by atoms with Gasteiger partial charge in [0.2, 0.25) is 0 Å². The first-order valence-corrected chi connectivity index (χ1v) is 5.38. The van der Waals surface area contributed by atoms with E-state index in [4.69, 9.17) is 11.6 Å². The molecule has 1 heterocycles. The Labute approximate surface area is 94.5 Å². The molecular formula is C12H13ClN2. The van der Waals surface area contributed by atoms with Crippen LogP contribution in [0.1, 0.15) is 18.1 Å². The van der Waals surface area contributed by atoms with Crippen LogP contribution in [-0.4, -0.2) is 9.55 Å². The van der Waals surface area contributed by atoms with Crippen LogP contribution < -0.4 is 0 Å². The maximum atomic E-state index is 5.79. The molecule has 0 fully saturated rings. The fourth-order valence-corrected chi connectivity index (χ4v) is 1.81. The summed E-state index contributed by atoms with van der Waals surface area (Å²) in [5.74, 6) is 0. The molecule has 2 rings (SSSR count). The minimum atomic E-state index is 0.522. The molecule has 1 aromatic heterocycles. The van der Waals surface area contributed by atoms with Gasteiger partial charge in [-0.2, -0.15) is 0 Å². The van der Waals surface area contributed by atoms with E-state index in [2.05, 4.69) is 37.0 Å². The standard InChI is InChI=1S/C12H13ClN2/c1-3-10-4-5-11(9(2)6-10)15-7-12(13)14-8-15/h4-8H,3H2,1-2H3. The molecule has 0 saturated heterocycles. The van der Waals surface area contributed by atoms with Gasteiger partial charge in [-0.15, -0.1) is 0 Å². The number of halogens is 1. The maximum Gasteiger partial charge on any atom is 0.147 e. The van der Waals surface area contributed by atoms with E-state index in [0.717, 1.165) is 12.1 Å². The normalized spacial score (nSPS) is 10.6. The van der Waals surface area contributed by atoms with Gasteiger partial charge in [0.1, 0.15) is 11.5 Å². The highest BCUT2D eigenvalue weighted by Crippen LogP contribution is 2.17. The van der Waals surface area contributed by atoms with Crippen molar-refractivity contribution in [2.75, 3.05) is 0 Å². The summed E-state index contributed by atoms with van der Waals surface area (Å²) in [6.07, 6.45) is 4.61. The van der Waals surface area contributed by atoms with E-state index >= 15 is 0 Å². The average Bonchev–Trinajstić information content (AvgIpc) is 2.64. The van der Waals surface area contributed by atoms with Crippen molar-refractivity contribution < 1.29 is 0 Å². The Morgan fingerprint density at radius 1 is 1.40 bits per heavy atom. The Balaban J connectivity index is 2.45. The smallest absolute Gasteiger partial charge is 0.147 e. The molecule has 0 aliphatic rings. The van der Waals surface area contributed by atoms with Crippen LogP contribution in [0.3, 0.4) is 0 Å². The van der Waals surface area contributed by atoms with E-state index < -0.39 is 0 Å². The largest absolute Gasteiger partial charge is 0.304 e. The first-order chi connectivity index (χ1) is 7.20. The molecule has 0 unspecified atom stereocenters. The molecule has 78 valence electrons. The highest BCUT2D eigenvalue weighted by Gasteiger charge is 2.02. The Kier molecular flexibility index (Phi) is 2.78. The molecule has 0 aliphatic carbocycles. The number of hydrogen-bond acceptors (Lipinski definition) is 1. The average molecular weight is 221 g/mol. The second-order valence-electron chi connectivity index (χ2n) is 3.58. The number of nitrogens with zero attached hydrogens (tertiary/aromatic N) is 2. The van der Waals surface area contributed by atoms with Gasteiger partial charge < -0.3 is 4.57 Å². The monoisotopic (exact) mass is 220 g/mol. The van der Waals surface area contributed by atoms with Crippen LogP contribution in [0, 0.1) is 6.92 Å². The van der Waals surface area contributed by atoms with Crippen LogP contribution >= 0.6 is 11.6 Å². The molecule has 0 saturated carbocycles. The van der Waals surface area contributed by atoms with Crippen LogP contribution in [0.15, 0.2) is 30.7 Å². The third kappa shape index (κ3) is 2.05. The molecule has 0 spiro atoms. The quantitative estimate of drug-likeness (QED) is 0.759. The van der Waals surface area contributed by atoms with Gasteiger partial charge in [-0.3, -0.25) is 0 Å². The maximum absolute atomic E-state index is 5.79. The zero-order valence-electron chi connectivity index (χ0n) is 8.87. The minimum Gasteiger partial charge on any atom is -0.304 e. The van der Waals surface area contributed by atoms with Crippen LogP contribution in [0.25, 0.3) is 5.69 Å². The summed E-state index contributed by atoms with van der Waals surface area (Å²) in [6.45, 7) is 4.25. The molecular weight excluding hydrogens is 208 g/mol. The second kappa shape index (κ2) is 4.07. The Morgan fingerprint density at radius 2 is 2.20 bits per heavy atom. The molecule has 3 heteroatoms. The molecule has 0 bridgehead atoms. The van der Waals surface area contributed by atoms with Crippen molar-refractivity contribution >= 4 is 11.6 Å². The van der Waals surface area contributed by atoms with Crippen LogP contribution in [0.5, 0.6) is 0 Å². The first-order valence-electron chi connectivity index (χ1n) is 5.00. The summed E-state index contributed by atoms with van der Waals surface area (Å²) in [4.78, 5) is 4.01. The number of benzene rings is 1. The lowest BCUT2D eigenvalue weighted by atomic mass is 10.1. The SMILES string of the molecule is CCc1ccc(-n2cnc(Cl)c2)c(C)c1. The number of aromatic nitrogens is 2. The highest BCUT2D eigenvalue weighted by molar-refractivity contribution is 6.29. The number of rotatable bonds is 2.